The third kappa shape index (κ3) is 3.46. The summed E-state index contributed by atoms with van der Waals surface area (Å²) in [6.45, 7) is 6.19. The van der Waals surface area contributed by atoms with E-state index in [0.717, 1.165) is 11.1 Å². The second-order valence-electron chi connectivity index (χ2n) is 5.18. The van der Waals surface area contributed by atoms with E-state index in [9.17, 15) is 4.79 Å². The molecule has 0 spiro atoms. The first-order valence-electron chi connectivity index (χ1n) is 6.81. The lowest BCUT2D eigenvalue weighted by atomic mass is 10.00. The number of hydrogen-bond acceptors (Lipinski definition) is 2. The number of nitrogens with zero attached hydrogens (tertiary/aromatic N) is 1. The number of ketones is 1. The van der Waals surface area contributed by atoms with Gasteiger partial charge >= 0.3 is 0 Å². The highest BCUT2D eigenvalue weighted by Gasteiger charge is 2.03. The molecule has 0 aliphatic carbocycles. The van der Waals surface area contributed by atoms with Crippen LogP contribution in [-0.2, 0) is 0 Å². The van der Waals surface area contributed by atoms with Crippen molar-refractivity contribution in [3.8, 4) is 6.07 Å². The van der Waals surface area contributed by atoms with Crippen LogP contribution in [0.5, 0.6) is 0 Å². The topological polar surface area (TPSA) is 40.9 Å². The van der Waals surface area contributed by atoms with Gasteiger partial charge in [-0.05, 0) is 73.4 Å². The number of carbonyl (C=O) groups excluding carboxylic acids is 1. The molecule has 0 saturated heterocycles. The van der Waals surface area contributed by atoms with E-state index >= 15 is 0 Å². The maximum Gasteiger partial charge on any atom is 0.185 e. The average molecular weight is 275 g/mol. The van der Waals surface area contributed by atoms with E-state index in [1.54, 1.807) is 30.3 Å². The predicted octanol–water partition coefficient (Wildman–Crippen LogP) is 4.38. The Bertz CT molecular complexity index is 746. The van der Waals surface area contributed by atoms with Crippen molar-refractivity contribution < 1.29 is 4.79 Å². The summed E-state index contributed by atoms with van der Waals surface area (Å²) in [6.07, 6.45) is 3.43. The second kappa shape index (κ2) is 6.19. The molecule has 0 atom stereocenters. The second-order valence-corrected chi connectivity index (χ2v) is 5.18. The van der Waals surface area contributed by atoms with Crippen LogP contribution in [0.1, 0.15) is 38.2 Å². The van der Waals surface area contributed by atoms with E-state index in [1.807, 2.05) is 19.1 Å². The molecule has 104 valence electrons. The van der Waals surface area contributed by atoms with E-state index in [1.165, 1.54) is 11.1 Å². The number of hydrogen-bond donors (Lipinski definition) is 0. The third-order valence-corrected chi connectivity index (χ3v) is 3.60. The van der Waals surface area contributed by atoms with E-state index in [4.69, 9.17) is 5.26 Å². The highest BCUT2D eigenvalue weighted by atomic mass is 16.1. The Balaban J connectivity index is 2.22. The summed E-state index contributed by atoms with van der Waals surface area (Å²) in [4.78, 5) is 12.1. The number of allylic oxidation sites excluding steroid dienone is 1. The van der Waals surface area contributed by atoms with Crippen molar-refractivity contribution in [2.24, 2.45) is 0 Å². The zero-order valence-electron chi connectivity index (χ0n) is 12.5. The van der Waals surface area contributed by atoms with Crippen LogP contribution in [0.15, 0.2) is 42.5 Å². The van der Waals surface area contributed by atoms with Crippen LogP contribution in [0.2, 0.25) is 0 Å². The van der Waals surface area contributed by atoms with Gasteiger partial charge in [0.05, 0.1) is 11.6 Å². The summed E-state index contributed by atoms with van der Waals surface area (Å²) in [5, 5.41) is 8.75. The normalized spacial score (nSPS) is 10.6. The molecule has 0 bridgehead atoms. The molecule has 2 nitrogen and oxygen atoms in total. The molecule has 21 heavy (non-hydrogen) atoms. The minimum absolute atomic E-state index is 0.0582. The van der Waals surface area contributed by atoms with Crippen molar-refractivity contribution >= 4 is 11.9 Å². The lowest BCUT2D eigenvalue weighted by Gasteiger charge is -2.06. The van der Waals surface area contributed by atoms with Gasteiger partial charge in [-0.2, -0.15) is 5.26 Å². The standard InChI is InChI=1S/C19H17NO/c1-13-10-15(3)18(11-14(13)2)8-9-19(21)17-6-4-16(12-20)5-7-17/h4-11H,1-3H3/b9-8+. The fourth-order valence-electron chi connectivity index (χ4n) is 2.13. The SMILES string of the molecule is Cc1cc(C)c(/C=C/C(=O)c2ccc(C#N)cc2)cc1C. The maximum atomic E-state index is 12.1. The molecule has 0 radical (unpaired) electrons. The van der Waals surface area contributed by atoms with Crippen LogP contribution in [0.4, 0.5) is 0 Å². The molecule has 2 aromatic rings. The van der Waals surface area contributed by atoms with Crippen LogP contribution in [0, 0.1) is 32.1 Å². The molecule has 0 heterocycles. The van der Waals surface area contributed by atoms with Gasteiger partial charge in [-0.3, -0.25) is 4.79 Å². The number of carbonyl (C=O) groups is 1. The molecular formula is C19H17NO. The first-order chi connectivity index (χ1) is 10.0. The van der Waals surface area contributed by atoms with Crippen LogP contribution in [0.3, 0.4) is 0 Å². The number of rotatable bonds is 3. The van der Waals surface area contributed by atoms with Gasteiger partial charge in [0.25, 0.3) is 0 Å². The third-order valence-electron chi connectivity index (χ3n) is 3.60. The smallest absolute Gasteiger partial charge is 0.185 e. The quantitative estimate of drug-likeness (QED) is 0.616. The fraction of sp³-hybridized carbons (Fsp3) is 0.158. The minimum Gasteiger partial charge on any atom is -0.289 e. The highest BCUT2D eigenvalue weighted by Crippen LogP contribution is 2.17. The van der Waals surface area contributed by atoms with E-state index < -0.39 is 0 Å². The van der Waals surface area contributed by atoms with Gasteiger partial charge in [0, 0.05) is 5.56 Å². The molecule has 2 rings (SSSR count). The maximum absolute atomic E-state index is 12.1. The van der Waals surface area contributed by atoms with Crippen molar-refractivity contribution in [3.63, 3.8) is 0 Å². The van der Waals surface area contributed by atoms with E-state index in [0.29, 0.717) is 11.1 Å². The monoisotopic (exact) mass is 275 g/mol. The highest BCUT2D eigenvalue weighted by molar-refractivity contribution is 6.06. The summed E-state index contributed by atoms with van der Waals surface area (Å²) in [7, 11) is 0. The summed E-state index contributed by atoms with van der Waals surface area (Å²) < 4.78 is 0. The molecule has 2 aromatic carbocycles. The van der Waals surface area contributed by atoms with Gasteiger partial charge in [-0.25, -0.2) is 0 Å². The van der Waals surface area contributed by atoms with Crippen molar-refractivity contribution in [1.82, 2.24) is 0 Å². The van der Waals surface area contributed by atoms with Gasteiger partial charge in [-0.15, -0.1) is 0 Å². The Morgan fingerprint density at radius 1 is 1.00 bits per heavy atom. The molecule has 0 unspecified atom stereocenters. The molecule has 0 aliphatic rings. The minimum atomic E-state index is -0.0582. The van der Waals surface area contributed by atoms with Gasteiger partial charge < -0.3 is 0 Å². The fourth-order valence-corrected chi connectivity index (χ4v) is 2.13. The number of benzene rings is 2. The first-order valence-corrected chi connectivity index (χ1v) is 6.81. The molecule has 0 N–H and O–H groups in total. The molecule has 0 aliphatic heterocycles. The lowest BCUT2D eigenvalue weighted by Crippen LogP contribution is -1.94. The van der Waals surface area contributed by atoms with Gasteiger partial charge in [-0.1, -0.05) is 18.2 Å². The van der Waals surface area contributed by atoms with Crippen LogP contribution < -0.4 is 0 Å². The molecule has 0 amide bonds. The van der Waals surface area contributed by atoms with Gasteiger partial charge in [0.15, 0.2) is 5.78 Å². The molecule has 0 aromatic heterocycles. The average Bonchev–Trinajstić information content (AvgIpc) is 2.49. The first kappa shape index (κ1) is 14.7. The van der Waals surface area contributed by atoms with Crippen molar-refractivity contribution in [2.45, 2.75) is 20.8 Å². The van der Waals surface area contributed by atoms with Crippen LogP contribution in [-0.4, -0.2) is 5.78 Å². The zero-order chi connectivity index (χ0) is 15.4. The molecular weight excluding hydrogens is 258 g/mol. The molecule has 2 heteroatoms. The van der Waals surface area contributed by atoms with E-state index in [-0.39, 0.29) is 5.78 Å². The van der Waals surface area contributed by atoms with Crippen molar-refractivity contribution in [3.05, 3.63) is 75.9 Å². The summed E-state index contributed by atoms with van der Waals surface area (Å²) >= 11 is 0. The van der Waals surface area contributed by atoms with Gasteiger partial charge in [0.1, 0.15) is 0 Å². The Kier molecular flexibility index (Phi) is 4.35. The van der Waals surface area contributed by atoms with E-state index in [2.05, 4.69) is 26.0 Å². The van der Waals surface area contributed by atoms with Crippen LogP contribution >= 0.6 is 0 Å². The molecule has 0 saturated carbocycles. The van der Waals surface area contributed by atoms with Crippen LogP contribution in [0.25, 0.3) is 6.08 Å². The number of aryl methyl sites for hydroxylation is 3. The lowest BCUT2D eigenvalue weighted by molar-refractivity contribution is 0.104. The Hall–Kier alpha value is -2.66. The van der Waals surface area contributed by atoms with Crippen molar-refractivity contribution in [1.29, 1.82) is 5.26 Å². The van der Waals surface area contributed by atoms with Gasteiger partial charge in [0.2, 0.25) is 0 Å². The van der Waals surface area contributed by atoms with Crippen molar-refractivity contribution in [2.75, 3.05) is 0 Å². The Labute approximate surface area is 125 Å². The summed E-state index contributed by atoms with van der Waals surface area (Å²) in [5.41, 5.74) is 5.82. The predicted molar refractivity (Wildman–Crippen MR) is 85.2 cm³/mol. The summed E-state index contributed by atoms with van der Waals surface area (Å²) in [5.74, 6) is -0.0582. The number of nitriles is 1. The Morgan fingerprint density at radius 3 is 2.24 bits per heavy atom. The zero-order valence-corrected chi connectivity index (χ0v) is 12.5. The Morgan fingerprint density at radius 2 is 1.62 bits per heavy atom. The molecule has 0 fully saturated rings. The largest absolute Gasteiger partial charge is 0.289 e. The summed E-state index contributed by atoms with van der Waals surface area (Å²) in [6, 6.07) is 12.9.